The van der Waals surface area contributed by atoms with Crippen LogP contribution in [0.15, 0.2) is 24.5 Å². The summed E-state index contributed by atoms with van der Waals surface area (Å²) in [6, 6.07) is 5.55. The summed E-state index contributed by atoms with van der Waals surface area (Å²) in [5, 5.41) is 18.6. The second-order valence-corrected chi connectivity index (χ2v) is 3.42. The lowest BCUT2D eigenvalue weighted by Crippen LogP contribution is -2.01. The van der Waals surface area contributed by atoms with E-state index in [9.17, 15) is 0 Å². The van der Waals surface area contributed by atoms with Crippen LogP contribution in [0.4, 0.5) is 5.82 Å². The topological polar surface area (TPSA) is 77.4 Å². The number of nitrogens with one attached hydrogen (secondary N) is 2. The Kier molecular flexibility index (Phi) is 2.83. The molecule has 0 radical (unpaired) electrons. The van der Waals surface area contributed by atoms with Crippen molar-refractivity contribution in [3.63, 3.8) is 0 Å². The van der Waals surface area contributed by atoms with Gasteiger partial charge < -0.3 is 5.32 Å². The van der Waals surface area contributed by atoms with Gasteiger partial charge in [-0.05, 0) is 19.1 Å². The van der Waals surface area contributed by atoms with Gasteiger partial charge in [-0.25, -0.2) is 4.98 Å². The van der Waals surface area contributed by atoms with Crippen LogP contribution in [0.2, 0.25) is 0 Å². The Morgan fingerprint density at radius 1 is 1.44 bits per heavy atom. The second-order valence-electron chi connectivity index (χ2n) is 3.42. The van der Waals surface area contributed by atoms with Gasteiger partial charge in [-0.1, -0.05) is 0 Å². The number of hydrogen-bond donors (Lipinski definition) is 2. The van der Waals surface area contributed by atoms with Crippen molar-refractivity contribution < 1.29 is 0 Å². The number of aromatic nitrogens is 3. The van der Waals surface area contributed by atoms with Gasteiger partial charge in [0.15, 0.2) is 0 Å². The van der Waals surface area contributed by atoms with E-state index in [0.717, 1.165) is 17.1 Å². The Labute approximate surface area is 93.1 Å². The van der Waals surface area contributed by atoms with Gasteiger partial charge in [0.2, 0.25) is 0 Å². The minimum absolute atomic E-state index is 0.560. The molecule has 0 aliphatic carbocycles. The molecule has 2 aromatic heterocycles. The number of aryl methyl sites for hydroxylation is 1. The van der Waals surface area contributed by atoms with Crippen molar-refractivity contribution in [3.05, 3.63) is 41.3 Å². The maximum Gasteiger partial charge on any atom is 0.126 e. The van der Waals surface area contributed by atoms with E-state index in [1.54, 1.807) is 24.5 Å². The third-order valence-corrected chi connectivity index (χ3v) is 2.29. The van der Waals surface area contributed by atoms with Crippen molar-refractivity contribution in [1.82, 2.24) is 15.2 Å². The number of pyridine rings is 1. The van der Waals surface area contributed by atoms with E-state index in [-0.39, 0.29) is 0 Å². The van der Waals surface area contributed by atoms with Gasteiger partial charge >= 0.3 is 0 Å². The Morgan fingerprint density at radius 3 is 2.88 bits per heavy atom. The quantitative estimate of drug-likeness (QED) is 0.811. The largest absolute Gasteiger partial charge is 0.366 e. The Morgan fingerprint density at radius 2 is 2.31 bits per heavy atom. The highest BCUT2D eigenvalue weighted by Gasteiger charge is 2.00. The molecule has 0 aliphatic rings. The Balaban J connectivity index is 2.00. The van der Waals surface area contributed by atoms with Gasteiger partial charge in [0.25, 0.3) is 0 Å². The summed E-state index contributed by atoms with van der Waals surface area (Å²) in [5.41, 5.74) is 2.71. The first-order valence-corrected chi connectivity index (χ1v) is 4.88. The number of nitriles is 1. The highest BCUT2D eigenvalue weighted by molar-refractivity contribution is 5.39. The Bertz CT molecular complexity index is 506. The normalized spacial score (nSPS) is 9.75. The summed E-state index contributed by atoms with van der Waals surface area (Å²) in [6.45, 7) is 2.64. The molecule has 0 amide bonds. The van der Waals surface area contributed by atoms with Gasteiger partial charge in [-0.2, -0.15) is 10.4 Å². The van der Waals surface area contributed by atoms with Gasteiger partial charge in [-0.15, -0.1) is 0 Å². The van der Waals surface area contributed by atoms with Crippen LogP contribution in [-0.4, -0.2) is 15.2 Å². The van der Waals surface area contributed by atoms with Crippen molar-refractivity contribution in [3.8, 4) is 6.07 Å². The van der Waals surface area contributed by atoms with Crippen molar-refractivity contribution in [2.24, 2.45) is 0 Å². The molecular formula is C11H11N5. The average molecular weight is 213 g/mol. The lowest BCUT2D eigenvalue weighted by molar-refractivity contribution is 1.04. The monoisotopic (exact) mass is 213 g/mol. The highest BCUT2D eigenvalue weighted by atomic mass is 15.1. The zero-order valence-corrected chi connectivity index (χ0v) is 8.86. The van der Waals surface area contributed by atoms with E-state index in [4.69, 9.17) is 5.26 Å². The van der Waals surface area contributed by atoms with Gasteiger partial charge in [0.1, 0.15) is 11.9 Å². The fourth-order valence-corrected chi connectivity index (χ4v) is 1.30. The molecule has 0 aromatic carbocycles. The molecule has 16 heavy (non-hydrogen) atoms. The predicted octanol–water partition coefficient (Wildman–Crippen LogP) is 1.60. The van der Waals surface area contributed by atoms with E-state index in [2.05, 4.69) is 20.5 Å². The lowest BCUT2D eigenvalue weighted by Gasteiger charge is -2.03. The number of rotatable bonds is 3. The smallest absolute Gasteiger partial charge is 0.126 e. The summed E-state index contributed by atoms with van der Waals surface area (Å²) in [7, 11) is 0. The predicted molar refractivity (Wildman–Crippen MR) is 59.6 cm³/mol. The molecule has 2 N–H and O–H groups in total. The van der Waals surface area contributed by atoms with Crippen LogP contribution in [0.25, 0.3) is 0 Å². The molecule has 0 fully saturated rings. The first-order chi connectivity index (χ1) is 7.79. The highest BCUT2D eigenvalue weighted by Crippen LogP contribution is 2.08. The number of anilines is 1. The second kappa shape index (κ2) is 4.45. The lowest BCUT2D eigenvalue weighted by atomic mass is 10.2. The molecule has 0 saturated heterocycles. The molecule has 5 nitrogen and oxygen atoms in total. The van der Waals surface area contributed by atoms with Crippen LogP contribution in [0, 0.1) is 18.3 Å². The molecule has 0 bridgehead atoms. The standard InChI is InChI=1S/C11H11N5/c1-8-10(7-15-16-8)6-14-11-3-2-9(4-12)5-13-11/h2-3,5,7H,6H2,1H3,(H,13,14)(H,15,16). The maximum atomic E-state index is 8.62. The van der Waals surface area contributed by atoms with E-state index in [0.29, 0.717) is 12.1 Å². The van der Waals surface area contributed by atoms with Gasteiger partial charge in [0.05, 0.1) is 11.8 Å². The zero-order chi connectivity index (χ0) is 11.4. The number of aromatic amines is 1. The molecule has 5 heteroatoms. The molecular weight excluding hydrogens is 202 g/mol. The molecule has 2 aromatic rings. The van der Waals surface area contributed by atoms with Gasteiger partial charge in [-0.3, -0.25) is 5.10 Å². The fourth-order valence-electron chi connectivity index (χ4n) is 1.30. The SMILES string of the molecule is Cc1[nH]ncc1CNc1ccc(C#N)cn1. The number of nitrogens with zero attached hydrogens (tertiary/aromatic N) is 3. The number of H-pyrrole nitrogens is 1. The van der Waals surface area contributed by atoms with Crippen LogP contribution in [0.3, 0.4) is 0 Å². The minimum Gasteiger partial charge on any atom is -0.366 e. The maximum absolute atomic E-state index is 8.62. The van der Waals surface area contributed by atoms with E-state index >= 15 is 0 Å². The van der Waals surface area contributed by atoms with Crippen LogP contribution in [0.1, 0.15) is 16.8 Å². The first kappa shape index (κ1) is 10.2. The summed E-state index contributed by atoms with van der Waals surface area (Å²) in [4.78, 5) is 4.11. The van der Waals surface area contributed by atoms with E-state index < -0.39 is 0 Å². The molecule has 0 unspecified atom stereocenters. The average Bonchev–Trinajstić information content (AvgIpc) is 2.73. The first-order valence-electron chi connectivity index (χ1n) is 4.88. The summed E-state index contributed by atoms with van der Waals surface area (Å²) in [5.74, 6) is 0.750. The fraction of sp³-hybridized carbons (Fsp3) is 0.182. The third-order valence-electron chi connectivity index (χ3n) is 2.29. The molecule has 0 spiro atoms. The summed E-state index contributed by atoms with van der Waals surface area (Å²) in [6.07, 6.45) is 3.33. The van der Waals surface area contributed by atoms with Crippen molar-refractivity contribution in [1.29, 1.82) is 5.26 Å². The minimum atomic E-state index is 0.560. The van der Waals surface area contributed by atoms with Crippen LogP contribution in [-0.2, 0) is 6.54 Å². The van der Waals surface area contributed by atoms with Crippen LogP contribution in [0.5, 0.6) is 0 Å². The van der Waals surface area contributed by atoms with Crippen molar-refractivity contribution in [2.45, 2.75) is 13.5 Å². The third kappa shape index (κ3) is 2.17. The Hall–Kier alpha value is -2.35. The number of hydrogen-bond acceptors (Lipinski definition) is 4. The molecule has 0 aliphatic heterocycles. The molecule has 0 atom stereocenters. The molecule has 2 heterocycles. The van der Waals surface area contributed by atoms with Crippen LogP contribution < -0.4 is 5.32 Å². The summed E-state index contributed by atoms with van der Waals surface area (Å²) >= 11 is 0. The van der Waals surface area contributed by atoms with Crippen molar-refractivity contribution in [2.75, 3.05) is 5.32 Å². The van der Waals surface area contributed by atoms with Crippen LogP contribution >= 0.6 is 0 Å². The molecule has 80 valence electrons. The zero-order valence-electron chi connectivity index (χ0n) is 8.86. The van der Waals surface area contributed by atoms with E-state index in [1.807, 2.05) is 13.0 Å². The van der Waals surface area contributed by atoms with Crippen molar-refractivity contribution >= 4 is 5.82 Å². The molecule has 2 rings (SSSR count). The molecule has 0 saturated carbocycles. The van der Waals surface area contributed by atoms with Gasteiger partial charge in [0, 0.05) is 24.0 Å². The summed E-state index contributed by atoms with van der Waals surface area (Å²) < 4.78 is 0. The van der Waals surface area contributed by atoms with E-state index in [1.165, 1.54) is 0 Å².